The molecule has 0 aliphatic rings. The number of benzene rings is 2. The summed E-state index contributed by atoms with van der Waals surface area (Å²) < 4.78 is 0. The van der Waals surface area contributed by atoms with Gasteiger partial charge in [0.1, 0.15) is 5.69 Å². The molecule has 0 bridgehead atoms. The van der Waals surface area contributed by atoms with E-state index in [4.69, 9.17) is 11.6 Å². The summed E-state index contributed by atoms with van der Waals surface area (Å²) >= 11 is 5.96. The second-order valence-electron chi connectivity index (χ2n) is 6.12. The molecular weight excluding hydrogens is 366 g/mol. The van der Waals surface area contributed by atoms with Gasteiger partial charge in [-0.3, -0.25) is 9.59 Å². The Morgan fingerprint density at radius 2 is 1.89 bits per heavy atom. The van der Waals surface area contributed by atoms with Gasteiger partial charge in [0.25, 0.3) is 5.91 Å². The van der Waals surface area contributed by atoms with Crippen molar-refractivity contribution in [3.63, 3.8) is 0 Å². The van der Waals surface area contributed by atoms with E-state index in [1.165, 1.54) is 4.90 Å². The van der Waals surface area contributed by atoms with Crippen LogP contribution in [0.25, 0.3) is 10.9 Å². The molecule has 3 aromatic rings. The second kappa shape index (κ2) is 8.70. The molecular formula is C20H20ClN3O3. The van der Waals surface area contributed by atoms with Crippen LogP contribution in [0.4, 0.5) is 0 Å². The van der Waals surface area contributed by atoms with Crippen molar-refractivity contribution >= 4 is 34.3 Å². The van der Waals surface area contributed by atoms with Crippen molar-refractivity contribution in [1.29, 1.82) is 0 Å². The average Bonchev–Trinajstić information content (AvgIpc) is 3.09. The smallest absolute Gasteiger partial charge is 0.268 e. The van der Waals surface area contributed by atoms with E-state index in [0.717, 1.165) is 16.5 Å². The van der Waals surface area contributed by atoms with Gasteiger partial charge in [0.05, 0.1) is 13.2 Å². The third kappa shape index (κ3) is 4.87. The number of amides is 2. The van der Waals surface area contributed by atoms with Gasteiger partial charge in [0, 0.05) is 29.0 Å². The zero-order chi connectivity index (χ0) is 19.2. The lowest BCUT2D eigenvalue weighted by molar-refractivity contribution is -0.131. The molecule has 0 atom stereocenters. The summed E-state index contributed by atoms with van der Waals surface area (Å²) in [6.45, 7) is 0.284. The van der Waals surface area contributed by atoms with Crippen molar-refractivity contribution in [3.8, 4) is 0 Å². The normalized spacial score (nSPS) is 10.7. The van der Waals surface area contributed by atoms with Crippen molar-refractivity contribution in [2.24, 2.45) is 0 Å². The third-order valence-corrected chi connectivity index (χ3v) is 4.40. The number of nitrogens with zero attached hydrogens (tertiary/aromatic N) is 1. The van der Waals surface area contributed by atoms with Gasteiger partial charge in [-0.15, -0.1) is 0 Å². The molecule has 3 N–H and O–H groups in total. The van der Waals surface area contributed by atoms with Crippen LogP contribution in [0.1, 0.15) is 16.1 Å². The number of halogens is 1. The number of aromatic amines is 1. The molecule has 0 aliphatic carbocycles. The minimum absolute atomic E-state index is 0.144. The highest BCUT2D eigenvalue weighted by Crippen LogP contribution is 2.20. The summed E-state index contributed by atoms with van der Waals surface area (Å²) in [6.07, 6.45) is 0. The van der Waals surface area contributed by atoms with Gasteiger partial charge >= 0.3 is 0 Å². The number of carbonyl (C=O) groups is 2. The van der Waals surface area contributed by atoms with Gasteiger partial charge in [-0.1, -0.05) is 41.9 Å². The summed E-state index contributed by atoms with van der Waals surface area (Å²) in [6, 6.07) is 16.5. The predicted molar refractivity (Wildman–Crippen MR) is 105 cm³/mol. The first-order valence-electron chi connectivity index (χ1n) is 8.56. The molecule has 2 amide bonds. The first-order chi connectivity index (χ1) is 13.1. The average molecular weight is 386 g/mol. The summed E-state index contributed by atoms with van der Waals surface area (Å²) in [5, 5.41) is 13.3. The summed E-state index contributed by atoms with van der Waals surface area (Å²) in [4.78, 5) is 29.3. The second-order valence-corrected chi connectivity index (χ2v) is 6.56. The van der Waals surface area contributed by atoms with Crippen LogP contribution in [-0.4, -0.2) is 46.5 Å². The number of fused-ring (bicyclic) bond motifs is 1. The molecule has 27 heavy (non-hydrogen) atoms. The van der Waals surface area contributed by atoms with Gasteiger partial charge in [-0.2, -0.15) is 0 Å². The van der Waals surface area contributed by atoms with Gasteiger partial charge in [-0.05, 0) is 29.8 Å². The van der Waals surface area contributed by atoms with Crippen molar-refractivity contribution < 1.29 is 14.7 Å². The fraction of sp³-hybridized carbons (Fsp3) is 0.200. The molecule has 0 unspecified atom stereocenters. The lowest BCUT2D eigenvalue weighted by Crippen LogP contribution is -2.41. The van der Waals surface area contributed by atoms with Crippen LogP contribution in [0.5, 0.6) is 0 Å². The largest absolute Gasteiger partial charge is 0.395 e. The van der Waals surface area contributed by atoms with E-state index >= 15 is 0 Å². The van der Waals surface area contributed by atoms with Gasteiger partial charge in [0.2, 0.25) is 5.91 Å². The Labute approximate surface area is 161 Å². The Kier molecular flexibility index (Phi) is 6.11. The fourth-order valence-electron chi connectivity index (χ4n) is 2.81. The molecule has 0 fully saturated rings. The van der Waals surface area contributed by atoms with Crippen LogP contribution in [-0.2, 0) is 11.3 Å². The quantitative estimate of drug-likeness (QED) is 0.584. The fourth-order valence-corrected chi connectivity index (χ4v) is 2.99. The summed E-state index contributed by atoms with van der Waals surface area (Å²) in [5.41, 5.74) is 2.11. The van der Waals surface area contributed by atoms with Crippen LogP contribution in [0, 0.1) is 0 Å². The van der Waals surface area contributed by atoms with Crippen LogP contribution in [0.2, 0.25) is 5.02 Å². The first-order valence-corrected chi connectivity index (χ1v) is 8.93. The predicted octanol–water partition coefficient (Wildman–Crippen LogP) is 2.57. The number of nitrogens with one attached hydrogen (secondary N) is 2. The zero-order valence-electron chi connectivity index (χ0n) is 14.6. The summed E-state index contributed by atoms with van der Waals surface area (Å²) in [7, 11) is 0. The van der Waals surface area contributed by atoms with E-state index in [1.54, 1.807) is 24.3 Å². The Bertz CT molecular complexity index is 940. The maximum Gasteiger partial charge on any atom is 0.268 e. The van der Waals surface area contributed by atoms with Crippen LogP contribution < -0.4 is 5.32 Å². The van der Waals surface area contributed by atoms with Crippen molar-refractivity contribution in [2.75, 3.05) is 19.7 Å². The van der Waals surface area contributed by atoms with E-state index in [0.29, 0.717) is 17.3 Å². The van der Waals surface area contributed by atoms with Gasteiger partial charge in [0.15, 0.2) is 0 Å². The molecule has 0 spiro atoms. The molecule has 6 nitrogen and oxygen atoms in total. The van der Waals surface area contributed by atoms with Gasteiger partial charge < -0.3 is 20.3 Å². The Morgan fingerprint density at radius 1 is 1.11 bits per heavy atom. The number of aliphatic hydroxyl groups excluding tert-OH is 1. The van der Waals surface area contributed by atoms with Crippen molar-refractivity contribution in [1.82, 2.24) is 15.2 Å². The number of carbonyl (C=O) groups excluding carboxylic acids is 2. The Hall–Kier alpha value is -2.83. The molecule has 1 heterocycles. The number of aromatic nitrogens is 1. The minimum Gasteiger partial charge on any atom is -0.395 e. The Morgan fingerprint density at radius 3 is 2.63 bits per heavy atom. The minimum atomic E-state index is -0.376. The monoisotopic (exact) mass is 385 g/mol. The van der Waals surface area contributed by atoms with Crippen LogP contribution in [0.3, 0.4) is 0 Å². The van der Waals surface area contributed by atoms with E-state index in [-0.39, 0.29) is 31.5 Å². The molecule has 7 heteroatoms. The maximum atomic E-state index is 12.5. The van der Waals surface area contributed by atoms with Crippen LogP contribution >= 0.6 is 11.6 Å². The van der Waals surface area contributed by atoms with E-state index in [9.17, 15) is 14.7 Å². The highest BCUT2D eigenvalue weighted by atomic mass is 35.5. The SMILES string of the molecule is O=C(NCC(=O)N(CCO)Cc1ccccc1)c1cc2cc(Cl)ccc2[nH]1. The molecule has 0 radical (unpaired) electrons. The van der Waals surface area contributed by atoms with Crippen LogP contribution in [0.15, 0.2) is 54.6 Å². The molecule has 2 aromatic carbocycles. The topological polar surface area (TPSA) is 85.4 Å². The maximum absolute atomic E-state index is 12.5. The third-order valence-electron chi connectivity index (χ3n) is 4.17. The molecule has 140 valence electrons. The first kappa shape index (κ1) is 18.9. The lowest BCUT2D eigenvalue weighted by atomic mass is 10.2. The number of rotatable bonds is 7. The number of aliphatic hydroxyl groups is 1. The molecule has 0 saturated heterocycles. The zero-order valence-corrected chi connectivity index (χ0v) is 15.4. The van der Waals surface area contributed by atoms with Crippen molar-refractivity contribution in [2.45, 2.75) is 6.54 Å². The molecule has 0 aliphatic heterocycles. The number of hydrogen-bond acceptors (Lipinski definition) is 3. The van der Waals surface area contributed by atoms with Crippen molar-refractivity contribution in [3.05, 3.63) is 70.9 Å². The number of hydrogen-bond donors (Lipinski definition) is 3. The van der Waals surface area contributed by atoms with E-state index < -0.39 is 0 Å². The summed E-state index contributed by atoms with van der Waals surface area (Å²) in [5.74, 6) is -0.639. The molecule has 1 aromatic heterocycles. The van der Waals surface area contributed by atoms with E-state index in [2.05, 4.69) is 10.3 Å². The van der Waals surface area contributed by atoms with Gasteiger partial charge in [-0.25, -0.2) is 0 Å². The molecule has 3 rings (SSSR count). The van der Waals surface area contributed by atoms with E-state index in [1.807, 2.05) is 30.3 Å². The molecule has 0 saturated carbocycles. The lowest BCUT2D eigenvalue weighted by Gasteiger charge is -2.22. The highest BCUT2D eigenvalue weighted by molar-refractivity contribution is 6.31. The standard InChI is InChI=1S/C20H20ClN3O3/c21-16-6-7-17-15(10-16)11-18(23-17)20(27)22-12-19(26)24(8-9-25)13-14-4-2-1-3-5-14/h1-7,10-11,23,25H,8-9,12-13H2,(H,22,27). The Balaban J connectivity index is 1.62. The number of H-pyrrole nitrogens is 1. The highest BCUT2D eigenvalue weighted by Gasteiger charge is 2.16.